The summed E-state index contributed by atoms with van der Waals surface area (Å²) >= 11 is 12.8. The Hall–Kier alpha value is -2.69. The molecule has 0 bridgehead atoms. The van der Waals surface area contributed by atoms with Gasteiger partial charge in [0.2, 0.25) is 21.8 Å². The van der Waals surface area contributed by atoms with Crippen molar-refractivity contribution in [3.05, 3.63) is 52.0 Å². The van der Waals surface area contributed by atoms with Crippen molar-refractivity contribution in [3.63, 3.8) is 0 Å². The van der Waals surface area contributed by atoms with Crippen LogP contribution in [0.15, 0.2) is 36.4 Å². The number of rotatable bonds is 11. The van der Waals surface area contributed by atoms with Gasteiger partial charge in [0.1, 0.15) is 12.6 Å². The Morgan fingerprint density at radius 1 is 1.03 bits per heavy atom. The van der Waals surface area contributed by atoms with Crippen molar-refractivity contribution >= 4 is 50.7 Å². The summed E-state index contributed by atoms with van der Waals surface area (Å²) in [7, 11) is -1.02. The maximum atomic E-state index is 13.8. The smallest absolute Gasteiger partial charge is 0.244 e. The minimum atomic E-state index is -3.91. The van der Waals surface area contributed by atoms with Crippen molar-refractivity contribution in [2.45, 2.75) is 57.7 Å². The van der Waals surface area contributed by atoms with Crippen LogP contribution in [0.25, 0.3) is 0 Å². The van der Waals surface area contributed by atoms with Crippen LogP contribution in [0.1, 0.15) is 44.6 Å². The number of anilines is 1. The van der Waals surface area contributed by atoms with Crippen molar-refractivity contribution in [2.75, 3.05) is 31.3 Å². The second kappa shape index (κ2) is 13.6. The second-order valence-corrected chi connectivity index (χ2v) is 12.3. The van der Waals surface area contributed by atoms with Gasteiger partial charge in [-0.15, -0.1) is 0 Å². The minimum absolute atomic E-state index is 0.0360. The molecule has 0 heterocycles. The lowest BCUT2D eigenvalue weighted by Crippen LogP contribution is -2.53. The lowest BCUT2D eigenvalue weighted by atomic mass is 9.95. The highest BCUT2D eigenvalue weighted by Crippen LogP contribution is 2.33. The van der Waals surface area contributed by atoms with Crippen molar-refractivity contribution < 1.29 is 27.5 Å². The van der Waals surface area contributed by atoms with Crippen LogP contribution in [-0.2, 0) is 26.2 Å². The normalized spacial score (nSPS) is 14.8. The van der Waals surface area contributed by atoms with Crippen LogP contribution in [-0.4, -0.2) is 64.2 Å². The highest BCUT2D eigenvalue weighted by atomic mass is 35.5. The average molecular weight is 601 g/mol. The second-order valence-electron chi connectivity index (χ2n) is 9.55. The van der Waals surface area contributed by atoms with Crippen LogP contribution in [0.5, 0.6) is 11.5 Å². The van der Waals surface area contributed by atoms with Gasteiger partial charge in [0.15, 0.2) is 11.5 Å². The Kier molecular flexibility index (Phi) is 10.7. The Morgan fingerprint density at radius 2 is 1.64 bits per heavy atom. The van der Waals surface area contributed by atoms with Gasteiger partial charge >= 0.3 is 0 Å². The summed E-state index contributed by atoms with van der Waals surface area (Å²) in [5.41, 5.74) is 0.669. The molecule has 0 radical (unpaired) electrons. The summed E-state index contributed by atoms with van der Waals surface area (Å²) in [5, 5.41) is 3.72. The van der Waals surface area contributed by atoms with Crippen molar-refractivity contribution in [1.29, 1.82) is 0 Å². The van der Waals surface area contributed by atoms with E-state index in [0.717, 1.165) is 42.7 Å². The standard InChI is InChI=1S/C27H35Cl2N3O6S/c1-18(27(34)30-19-9-6-5-7-10-19)31(16-21-22(28)11-8-12-23(21)29)26(33)17-32(39(4,35)36)20-13-14-24(37-2)25(15-20)38-3/h8,11-15,18-19H,5-7,9-10,16-17H2,1-4H3,(H,30,34)/t18-/m1/s1. The fourth-order valence-electron chi connectivity index (χ4n) is 4.60. The number of methoxy groups -OCH3 is 2. The molecule has 0 aliphatic heterocycles. The van der Waals surface area contributed by atoms with Crippen LogP contribution >= 0.6 is 23.2 Å². The third-order valence-electron chi connectivity index (χ3n) is 6.84. The molecule has 2 aromatic carbocycles. The van der Waals surface area contributed by atoms with Gasteiger partial charge in [-0.25, -0.2) is 8.42 Å². The largest absolute Gasteiger partial charge is 0.493 e. The molecule has 2 aromatic rings. The number of hydrogen-bond acceptors (Lipinski definition) is 6. The third-order valence-corrected chi connectivity index (χ3v) is 8.69. The third kappa shape index (κ3) is 7.93. The molecule has 0 spiro atoms. The molecule has 1 N–H and O–H groups in total. The van der Waals surface area contributed by atoms with Crippen molar-refractivity contribution in [1.82, 2.24) is 10.2 Å². The van der Waals surface area contributed by atoms with E-state index in [2.05, 4.69) is 5.32 Å². The van der Waals surface area contributed by atoms with Crippen LogP contribution in [0.3, 0.4) is 0 Å². The SMILES string of the molecule is COc1ccc(N(CC(=O)N(Cc2c(Cl)cccc2Cl)[C@H](C)C(=O)NC2CCCCC2)S(C)(=O)=O)cc1OC. The molecule has 9 nitrogen and oxygen atoms in total. The lowest BCUT2D eigenvalue weighted by molar-refractivity contribution is -0.139. The first kappa shape index (κ1) is 30.8. The van der Waals surface area contributed by atoms with Gasteiger partial charge in [0, 0.05) is 34.3 Å². The summed E-state index contributed by atoms with van der Waals surface area (Å²) in [4.78, 5) is 28.4. The molecule has 1 aliphatic carbocycles. The zero-order chi connectivity index (χ0) is 28.7. The van der Waals surface area contributed by atoms with Crippen LogP contribution < -0.4 is 19.1 Å². The van der Waals surface area contributed by atoms with E-state index < -0.39 is 28.5 Å². The highest BCUT2D eigenvalue weighted by Gasteiger charge is 2.32. The molecule has 1 fully saturated rings. The van der Waals surface area contributed by atoms with E-state index in [1.54, 1.807) is 31.2 Å². The Labute approximate surface area is 240 Å². The lowest BCUT2D eigenvalue weighted by Gasteiger charge is -2.33. The predicted octanol–water partition coefficient (Wildman–Crippen LogP) is 4.64. The topological polar surface area (TPSA) is 105 Å². The van der Waals surface area contributed by atoms with Gasteiger partial charge in [0.25, 0.3) is 0 Å². The molecule has 0 aromatic heterocycles. The number of halogens is 2. The van der Waals surface area contributed by atoms with Crippen LogP contribution in [0.2, 0.25) is 10.0 Å². The molecule has 1 saturated carbocycles. The van der Waals surface area contributed by atoms with Gasteiger partial charge in [-0.2, -0.15) is 0 Å². The van der Waals surface area contributed by atoms with Crippen molar-refractivity contribution in [2.24, 2.45) is 0 Å². The number of nitrogens with one attached hydrogen (secondary N) is 1. The van der Waals surface area contributed by atoms with E-state index in [-0.39, 0.29) is 24.2 Å². The van der Waals surface area contributed by atoms with Gasteiger partial charge in [-0.3, -0.25) is 13.9 Å². The van der Waals surface area contributed by atoms with Gasteiger partial charge < -0.3 is 19.7 Å². The van der Waals surface area contributed by atoms with Crippen LogP contribution in [0.4, 0.5) is 5.69 Å². The van der Waals surface area contributed by atoms with Gasteiger partial charge in [-0.1, -0.05) is 48.5 Å². The Bertz CT molecular complexity index is 1260. The van der Waals surface area contributed by atoms with E-state index >= 15 is 0 Å². The number of ether oxygens (including phenoxy) is 2. The zero-order valence-electron chi connectivity index (χ0n) is 22.6. The molecule has 0 unspecified atom stereocenters. The summed E-state index contributed by atoms with van der Waals surface area (Å²) in [5.74, 6) is -0.215. The first-order chi connectivity index (χ1) is 18.5. The van der Waals surface area contributed by atoms with E-state index in [9.17, 15) is 18.0 Å². The average Bonchev–Trinajstić information content (AvgIpc) is 2.90. The predicted molar refractivity (Wildman–Crippen MR) is 153 cm³/mol. The Morgan fingerprint density at radius 3 is 2.21 bits per heavy atom. The molecule has 0 saturated heterocycles. The highest BCUT2D eigenvalue weighted by molar-refractivity contribution is 7.92. The summed E-state index contributed by atoms with van der Waals surface area (Å²) < 4.78 is 37.2. The van der Waals surface area contributed by atoms with Gasteiger partial charge in [-0.05, 0) is 44.0 Å². The Balaban J connectivity index is 1.95. The number of benzene rings is 2. The molecule has 12 heteroatoms. The van der Waals surface area contributed by atoms with Crippen molar-refractivity contribution in [3.8, 4) is 11.5 Å². The molecule has 2 amide bonds. The maximum Gasteiger partial charge on any atom is 0.244 e. The monoisotopic (exact) mass is 599 g/mol. The minimum Gasteiger partial charge on any atom is -0.493 e. The fourth-order valence-corrected chi connectivity index (χ4v) is 5.96. The molecular formula is C27H35Cl2N3O6S. The summed E-state index contributed by atoms with van der Waals surface area (Å²) in [6.07, 6.45) is 5.96. The molecular weight excluding hydrogens is 565 g/mol. The number of hydrogen-bond donors (Lipinski definition) is 1. The molecule has 39 heavy (non-hydrogen) atoms. The first-order valence-corrected chi connectivity index (χ1v) is 15.3. The number of nitrogens with zero attached hydrogens (tertiary/aromatic N) is 2. The zero-order valence-corrected chi connectivity index (χ0v) is 24.9. The quantitative estimate of drug-likeness (QED) is 0.403. The molecule has 214 valence electrons. The molecule has 1 aliphatic rings. The van der Waals surface area contributed by atoms with Gasteiger partial charge in [0.05, 0.1) is 26.2 Å². The number of carbonyl (C=O) groups is 2. The molecule has 1 atom stereocenters. The number of sulfonamides is 1. The van der Waals surface area contributed by atoms with E-state index in [4.69, 9.17) is 32.7 Å². The maximum absolute atomic E-state index is 13.8. The fraction of sp³-hybridized carbons (Fsp3) is 0.481. The number of amides is 2. The number of carbonyl (C=O) groups excluding carboxylic acids is 2. The van der Waals surface area contributed by atoms with E-state index in [1.807, 2.05) is 0 Å². The van der Waals surface area contributed by atoms with E-state index in [1.165, 1.54) is 31.3 Å². The first-order valence-electron chi connectivity index (χ1n) is 12.7. The van der Waals surface area contributed by atoms with Crippen LogP contribution in [0, 0.1) is 0 Å². The summed E-state index contributed by atoms with van der Waals surface area (Å²) in [6.45, 7) is 0.972. The molecule has 3 rings (SSSR count). The summed E-state index contributed by atoms with van der Waals surface area (Å²) in [6, 6.07) is 8.63. The van der Waals surface area contributed by atoms with E-state index in [0.29, 0.717) is 27.1 Å².